The molecule has 0 atom stereocenters. The maximum absolute atomic E-state index is 11.0. The maximum Gasteiger partial charge on any atom is 0.269 e. The molecule has 0 aliphatic rings. The average Bonchev–Trinajstić information content (AvgIpc) is 2.76. The van der Waals surface area contributed by atoms with Crippen LogP contribution in [-0.4, -0.2) is 22.1 Å². The molecular weight excluding hydrogens is 204 g/mol. The third-order valence-corrected chi connectivity index (χ3v) is 2.00. The molecule has 3 N–H and O–H groups in total. The van der Waals surface area contributed by atoms with Crippen molar-refractivity contribution in [2.24, 2.45) is 10.7 Å². The second kappa shape index (κ2) is 4.39. The number of nitrogens with one attached hydrogen (secondary N) is 1. The lowest BCUT2D eigenvalue weighted by Crippen LogP contribution is -2.11. The molecule has 1 aromatic carbocycles. The number of rotatable bonds is 3. The Morgan fingerprint density at radius 1 is 1.38 bits per heavy atom. The number of carbonyl (C=O) groups excluding carboxylic acids is 1. The summed E-state index contributed by atoms with van der Waals surface area (Å²) in [6.07, 6.45) is 3.01. The summed E-state index contributed by atoms with van der Waals surface area (Å²) < 4.78 is 0. The smallest absolute Gasteiger partial charge is 0.269 e. The predicted octanol–water partition coefficient (Wildman–Crippen LogP) is 1.26. The van der Waals surface area contributed by atoms with Crippen LogP contribution in [0.1, 0.15) is 16.1 Å². The molecule has 5 heteroatoms. The molecular formula is C11H10N4O. The maximum atomic E-state index is 11.0. The molecule has 0 saturated carbocycles. The average molecular weight is 214 g/mol. The van der Waals surface area contributed by atoms with Crippen molar-refractivity contribution in [2.75, 3.05) is 0 Å². The number of aromatic amines is 1. The summed E-state index contributed by atoms with van der Waals surface area (Å²) in [7, 11) is 0. The van der Waals surface area contributed by atoms with Gasteiger partial charge < -0.3 is 10.7 Å². The van der Waals surface area contributed by atoms with E-state index in [1.807, 2.05) is 30.3 Å². The molecule has 1 heterocycles. The van der Waals surface area contributed by atoms with Gasteiger partial charge >= 0.3 is 0 Å². The molecule has 2 aromatic rings. The highest BCUT2D eigenvalue weighted by molar-refractivity contribution is 5.96. The highest BCUT2D eigenvalue weighted by atomic mass is 16.1. The number of hydrogen-bond donors (Lipinski definition) is 2. The fourth-order valence-electron chi connectivity index (χ4n) is 1.24. The number of aromatic nitrogens is 2. The highest BCUT2D eigenvalue weighted by Crippen LogP contribution is 2.12. The van der Waals surface area contributed by atoms with Crippen LogP contribution < -0.4 is 5.73 Å². The minimum Gasteiger partial charge on any atom is -0.364 e. The second-order valence-corrected chi connectivity index (χ2v) is 3.13. The molecule has 16 heavy (non-hydrogen) atoms. The van der Waals surface area contributed by atoms with Gasteiger partial charge in [-0.05, 0) is 5.56 Å². The summed E-state index contributed by atoms with van der Waals surface area (Å²) in [6.45, 7) is 0. The Morgan fingerprint density at radius 2 is 2.12 bits per heavy atom. The van der Waals surface area contributed by atoms with Crippen LogP contribution in [0, 0.1) is 0 Å². The van der Waals surface area contributed by atoms with E-state index >= 15 is 0 Å². The molecule has 0 bridgehead atoms. The van der Waals surface area contributed by atoms with E-state index in [-0.39, 0.29) is 5.69 Å². The Balaban J connectivity index is 2.24. The van der Waals surface area contributed by atoms with E-state index in [1.54, 1.807) is 6.21 Å². The minimum absolute atomic E-state index is 0.215. The second-order valence-electron chi connectivity index (χ2n) is 3.13. The number of hydrogen-bond acceptors (Lipinski definition) is 3. The van der Waals surface area contributed by atoms with Crippen molar-refractivity contribution in [3.05, 3.63) is 47.9 Å². The number of amides is 1. The summed E-state index contributed by atoms with van der Waals surface area (Å²) in [5.41, 5.74) is 6.29. The lowest BCUT2D eigenvalue weighted by Gasteiger charge is -1.92. The molecule has 1 aromatic heterocycles. The van der Waals surface area contributed by atoms with Gasteiger partial charge in [0.05, 0.1) is 6.33 Å². The van der Waals surface area contributed by atoms with Crippen LogP contribution in [-0.2, 0) is 0 Å². The number of nitrogens with zero attached hydrogens (tertiary/aromatic N) is 2. The largest absolute Gasteiger partial charge is 0.364 e. The van der Waals surface area contributed by atoms with Gasteiger partial charge in [0.2, 0.25) is 0 Å². The lowest BCUT2D eigenvalue weighted by atomic mass is 10.2. The summed E-state index contributed by atoms with van der Waals surface area (Å²) in [5.74, 6) is -0.269. The van der Waals surface area contributed by atoms with Gasteiger partial charge in [0.25, 0.3) is 5.91 Å². The zero-order chi connectivity index (χ0) is 11.4. The van der Waals surface area contributed by atoms with E-state index in [2.05, 4.69) is 15.0 Å². The van der Waals surface area contributed by atoms with E-state index in [0.29, 0.717) is 5.82 Å². The van der Waals surface area contributed by atoms with Crippen molar-refractivity contribution in [3.63, 3.8) is 0 Å². The third-order valence-electron chi connectivity index (χ3n) is 2.00. The number of primary amides is 1. The van der Waals surface area contributed by atoms with Crippen molar-refractivity contribution < 1.29 is 4.79 Å². The molecule has 0 aliphatic carbocycles. The standard InChI is InChI=1S/C11H10N4O/c12-10(16)9-11(15-7-14-9)13-6-8-4-2-1-3-5-8/h1-7H,(H2,12,16)(H,14,15). The van der Waals surface area contributed by atoms with E-state index in [1.165, 1.54) is 6.33 Å². The zero-order valence-electron chi connectivity index (χ0n) is 8.42. The molecule has 0 unspecified atom stereocenters. The van der Waals surface area contributed by atoms with Gasteiger partial charge in [-0.25, -0.2) is 9.98 Å². The monoisotopic (exact) mass is 214 g/mol. The number of H-pyrrole nitrogens is 1. The van der Waals surface area contributed by atoms with E-state index < -0.39 is 5.91 Å². The molecule has 0 spiro atoms. The topological polar surface area (TPSA) is 84.1 Å². The fourth-order valence-corrected chi connectivity index (χ4v) is 1.24. The predicted molar refractivity (Wildman–Crippen MR) is 60.8 cm³/mol. The number of carbonyl (C=O) groups is 1. The van der Waals surface area contributed by atoms with Crippen LogP contribution >= 0.6 is 0 Å². The summed E-state index contributed by atoms with van der Waals surface area (Å²) in [6, 6.07) is 9.53. The molecule has 2 rings (SSSR count). The molecule has 0 aliphatic heterocycles. The van der Waals surface area contributed by atoms with Crippen LogP contribution in [0.2, 0.25) is 0 Å². The fraction of sp³-hybridized carbons (Fsp3) is 0. The minimum atomic E-state index is -0.572. The molecule has 1 amide bonds. The quantitative estimate of drug-likeness (QED) is 0.754. The molecule has 5 nitrogen and oxygen atoms in total. The Morgan fingerprint density at radius 3 is 2.81 bits per heavy atom. The van der Waals surface area contributed by atoms with Crippen molar-refractivity contribution in [1.29, 1.82) is 0 Å². The normalized spacial score (nSPS) is 10.8. The van der Waals surface area contributed by atoms with Crippen LogP contribution in [0.3, 0.4) is 0 Å². The number of nitrogens with two attached hydrogens (primary N) is 1. The molecule has 0 fully saturated rings. The molecule has 0 saturated heterocycles. The van der Waals surface area contributed by atoms with Gasteiger partial charge in [-0.1, -0.05) is 30.3 Å². The first-order valence-electron chi connectivity index (χ1n) is 4.69. The lowest BCUT2D eigenvalue weighted by molar-refractivity contribution is 0.0997. The Kier molecular flexibility index (Phi) is 2.77. The first-order valence-corrected chi connectivity index (χ1v) is 4.69. The SMILES string of the molecule is NC(=O)c1[nH]cnc1N=Cc1ccccc1. The Labute approximate surface area is 92.0 Å². The van der Waals surface area contributed by atoms with Gasteiger partial charge in [0, 0.05) is 6.21 Å². The Bertz CT molecular complexity index is 516. The van der Waals surface area contributed by atoms with Gasteiger partial charge in [-0.2, -0.15) is 0 Å². The van der Waals surface area contributed by atoms with Gasteiger partial charge in [0.15, 0.2) is 11.5 Å². The first-order chi connectivity index (χ1) is 7.77. The van der Waals surface area contributed by atoms with Gasteiger partial charge in [0.1, 0.15) is 0 Å². The van der Waals surface area contributed by atoms with E-state index in [0.717, 1.165) is 5.56 Å². The van der Waals surface area contributed by atoms with Crippen molar-refractivity contribution >= 4 is 17.9 Å². The highest BCUT2D eigenvalue weighted by Gasteiger charge is 2.08. The number of imidazole rings is 1. The van der Waals surface area contributed by atoms with Crippen LogP contribution in [0.25, 0.3) is 0 Å². The van der Waals surface area contributed by atoms with Crippen molar-refractivity contribution in [2.45, 2.75) is 0 Å². The van der Waals surface area contributed by atoms with Gasteiger partial charge in [-0.3, -0.25) is 4.79 Å². The summed E-state index contributed by atoms with van der Waals surface area (Å²) in [4.78, 5) is 21.6. The van der Waals surface area contributed by atoms with Crippen molar-refractivity contribution in [3.8, 4) is 0 Å². The Hall–Kier alpha value is -2.43. The number of aliphatic imine (C=N–C) groups is 1. The van der Waals surface area contributed by atoms with Crippen LogP contribution in [0.15, 0.2) is 41.7 Å². The van der Waals surface area contributed by atoms with Crippen LogP contribution in [0.5, 0.6) is 0 Å². The third kappa shape index (κ3) is 2.14. The van der Waals surface area contributed by atoms with Gasteiger partial charge in [-0.15, -0.1) is 0 Å². The first kappa shape index (κ1) is 10.1. The molecule has 80 valence electrons. The van der Waals surface area contributed by atoms with E-state index in [9.17, 15) is 4.79 Å². The van der Waals surface area contributed by atoms with E-state index in [4.69, 9.17) is 5.73 Å². The summed E-state index contributed by atoms with van der Waals surface area (Å²) in [5, 5.41) is 0. The summed E-state index contributed by atoms with van der Waals surface area (Å²) >= 11 is 0. The molecule has 0 radical (unpaired) electrons. The van der Waals surface area contributed by atoms with Crippen LogP contribution in [0.4, 0.5) is 5.82 Å². The van der Waals surface area contributed by atoms with Crippen molar-refractivity contribution in [1.82, 2.24) is 9.97 Å². The zero-order valence-corrected chi connectivity index (χ0v) is 8.42. The number of benzene rings is 1.